The predicted molar refractivity (Wildman–Crippen MR) is 72.4 cm³/mol. The zero-order valence-electron chi connectivity index (χ0n) is 11.5. The molecule has 114 valence electrons. The number of nitrogens with zero attached hydrogens (tertiary/aromatic N) is 1. The van der Waals surface area contributed by atoms with E-state index in [4.69, 9.17) is 9.52 Å². The van der Waals surface area contributed by atoms with Gasteiger partial charge in [-0.05, 0) is 6.07 Å². The van der Waals surface area contributed by atoms with E-state index in [1.165, 1.54) is 18.5 Å². The SMILES string of the molecule is CC(C)c1ncc(S(=O)(=O)NCc2ccoc2C(=O)O)[nH]1. The number of hydrogen-bond donors (Lipinski definition) is 3. The number of carboxylic acid groups (broad SMARTS) is 1. The second kappa shape index (κ2) is 5.70. The maximum Gasteiger partial charge on any atom is 0.372 e. The van der Waals surface area contributed by atoms with Crippen LogP contribution in [0.25, 0.3) is 0 Å². The molecule has 0 aliphatic heterocycles. The summed E-state index contributed by atoms with van der Waals surface area (Å²) in [5.74, 6) is -0.908. The van der Waals surface area contributed by atoms with E-state index < -0.39 is 16.0 Å². The fourth-order valence-corrected chi connectivity index (χ4v) is 2.59. The number of sulfonamides is 1. The molecule has 0 radical (unpaired) electrons. The molecule has 0 unspecified atom stereocenters. The first-order chi connectivity index (χ1) is 9.81. The van der Waals surface area contributed by atoms with Crippen LogP contribution in [-0.2, 0) is 16.6 Å². The Balaban J connectivity index is 2.14. The summed E-state index contributed by atoms with van der Waals surface area (Å²) < 4.78 is 31.2. The number of H-pyrrole nitrogens is 1. The molecule has 8 nitrogen and oxygen atoms in total. The van der Waals surface area contributed by atoms with Crippen molar-refractivity contribution in [2.45, 2.75) is 31.3 Å². The minimum atomic E-state index is -3.79. The smallest absolute Gasteiger partial charge is 0.372 e. The maximum absolute atomic E-state index is 12.1. The molecule has 0 fully saturated rings. The van der Waals surface area contributed by atoms with Gasteiger partial charge in [-0.2, -0.15) is 0 Å². The van der Waals surface area contributed by atoms with E-state index in [1.807, 2.05) is 13.8 Å². The van der Waals surface area contributed by atoms with Crippen molar-refractivity contribution >= 4 is 16.0 Å². The molecule has 0 saturated carbocycles. The summed E-state index contributed by atoms with van der Waals surface area (Å²) in [6.45, 7) is 3.58. The summed E-state index contributed by atoms with van der Waals surface area (Å²) in [5.41, 5.74) is 0.245. The van der Waals surface area contributed by atoms with Gasteiger partial charge in [0.1, 0.15) is 5.82 Å². The van der Waals surface area contributed by atoms with Gasteiger partial charge in [0.25, 0.3) is 10.0 Å². The molecular weight excluding hydrogens is 298 g/mol. The molecule has 2 rings (SSSR count). The minimum Gasteiger partial charge on any atom is -0.475 e. The Morgan fingerprint density at radius 3 is 2.81 bits per heavy atom. The van der Waals surface area contributed by atoms with Gasteiger partial charge >= 0.3 is 5.97 Å². The molecule has 2 aromatic rings. The molecule has 0 amide bonds. The second-order valence-electron chi connectivity index (χ2n) is 4.69. The van der Waals surface area contributed by atoms with Gasteiger partial charge < -0.3 is 14.5 Å². The molecule has 2 aromatic heterocycles. The normalized spacial score (nSPS) is 12.0. The molecule has 9 heteroatoms. The van der Waals surface area contributed by atoms with Gasteiger partial charge in [-0.3, -0.25) is 0 Å². The lowest BCUT2D eigenvalue weighted by Crippen LogP contribution is -2.24. The van der Waals surface area contributed by atoms with Gasteiger partial charge in [0.15, 0.2) is 5.03 Å². The van der Waals surface area contributed by atoms with Crippen LogP contribution in [0.1, 0.15) is 41.7 Å². The Kier molecular flexibility index (Phi) is 4.14. The molecule has 21 heavy (non-hydrogen) atoms. The van der Waals surface area contributed by atoms with Crippen LogP contribution in [0.2, 0.25) is 0 Å². The minimum absolute atomic E-state index is 0.0634. The van der Waals surface area contributed by atoms with Crippen LogP contribution in [0.4, 0.5) is 0 Å². The summed E-state index contributed by atoms with van der Waals surface area (Å²) >= 11 is 0. The third-order valence-electron chi connectivity index (χ3n) is 2.80. The van der Waals surface area contributed by atoms with Crippen molar-refractivity contribution in [1.82, 2.24) is 14.7 Å². The lowest BCUT2D eigenvalue weighted by molar-refractivity contribution is 0.0660. The van der Waals surface area contributed by atoms with E-state index >= 15 is 0 Å². The number of hydrogen-bond acceptors (Lipinski definition) is 5. The molecule has 0 saturated heterocycles. The van der Waals surface area contributed by atoms with Gasteiger partial charge in [-0.25, -0.2) is 22.9 Å². The van der Waals surface area contributed by atoms with Gasteiger partial charge in [-0.15, -0.1) is 0 Å². The second-order valence-corrected chi connectivity index (χ2v) is 6.43. The third-order valence-corrected chi connectivity index (χ3v) is 4.11. The summed E-state index contributed by atoms with van der Waals surface area (Å²) in [6.07, 6.45) is 2.42. The van der Waals surface area contributed by atoms with Crippen LogP contribution in [0.5, 0.6) is 0 Å². The van der Waals surface area contributed by atoms with Crippen molar-refractivity contribution < 1.29 is 22.7 Å². The standard InChI is InChI=1S/C12H15N3O5S/c1-7(2)11-13-6-9(15-11)21(18,19)14-5-8-3-4-20-10(8)12(16)17/h3-4,6-7,14H,5H2,1-2H3,(H,13,15)(H,16,17). The maximum atomic E-state index is 12.1. The Morgan fingerprint density at radius 1 is 1.52 bits per heavy atom. The van der Waals surface area contributed by atoms with Crippen LogP contribution >= 0.6 is 0 Å². The van der Waals surface area contributed by atoms with Crippen LogP contribution in [0.15, 0.2) is 28.0 Å². The van der Waals surface area contributed by atoms with E-state index in [1.54, 1.807) is 0 Å². The third kappa shape index (κ3) is 3.31. The summed E-state index contributed by atoms with van der Waals surface area (Å²) in [4.78, 5) is 17.6. The number of furan rings is 1. The number of aromatic carboxylic acids is 1. The fourth-order valence-electron chi connectivity index (χ4n) is 1.66. The van der Waals surface area contributed by atoms with Crippen molar-refractivity contribution in [1.29, 1.82) is 0 Å². The molecule has 0 aromatic carbocycles. The Bertz CT molecular complexity index is 745. The number of carbonyl (C=O) groups is 1. The molecule has 0 aliphatic rings. The largest absolute Gasteiger partial charge is 0.475 e. The van der Waals surface area contributed by atoms with E-state index in [0.29, 0.717) is 5.82 Å². The molecule has 3 N–H and O–H groups in total. The number of aromatic amines is 1. The van der Waals surface area contributed by atoms with Crippen LogP contribution < -0.4 is 4.72 Å². The average Bonchev–Trinajstić information content (AvgIpc) is 3.05. The first-order valence-corrected chi connectivity index (χ1v) is 7.64. The van der Waals surface area contributed by atoms with Crippen LogP contribution in [0, 0.1) is 0 Å². The molecular formula is C12H15N3O5S. The van der Waals surface area contributed by atoms with Crippen molar-refractivity contribution in [3.05, 3.63) is 35.7 Å². The molecule has 0 spiro atoms. The van der Waals surface area contributed by atoms with Gasteiger partial charge in [0, 0.05) is 18.0 Å². The highest BCUT2D eigenvalue weighted by molar-refractivity contribution is 7.89. The lowest BCUT2D eigenvalue weighted by atomic mass is 10.2. The Hall–Kier alpha value is -2.13. The Labute approximate surface area is 121 Å². The van der Waals surface area contributed by atoms with Gasteiger partial charge in [0.05, 0.1) is 12.5 Å². The molecule has 0 atom stereocenters. The topological polar surface area (TPSA) is 125 Å². The monoisotopic (exact) mass is 313 g/mol. The van der Waals surface area contributed by atoms with Crippen LogP contribution in [0.3, 0.4) is 0 Å². The summed E-state index contributed by atoms with van der Waals surface area (Å²) in [6, 6.07) is 1.40. The van der Waals surface area contributed by atoms with E-state index in [9.17, 15) is 13.2 Å². The van der Waals surface area contributed by atoms with Crippen molar-refractivity contribution in [2.24, 2.45) is 0 Å². The quantitative estimate of drug-likeness (QED) is 0.738. The highest BCUT2D eigenvalue weighted by atomic mass is 32.2. The fraction of sp³-hybridized carbons (Fsp3) is 0.333. The summed E-state index contributed by atoms with van der Waals surface area (Å²) in [7, 11) is -3.79. The number of aromatic nitrogens is 2. The van der Waals surface area contributed by atoms with Crippen molar-refractivity contribution in [3.8, 4) is 0 Å². The van der Waals surface area contributed by atoms with Crippen LogP contribution in [-0.4, -0.2) is 29.5 Å². The first kappa shape index (κ1) is 15.3. The number of carboxylic acids is 1. The Morgan fingerprint density at radius 2 is 2.24 bits per heavy atom. The average molecular weight is 313 g/mol. The predicted octanol–water partition coefficient (Wildman–Crippen LogP) is 1.30. The highest BCUT2D eigenvalue weighted by Gasteiger charge is 2.20. The first-order valence-electron chi connectivity index (χ1n) is 6.15. The lowest BCUT2D eigenvalue weighted by Gasteiger charge is -2.04. The molecule has 0 aliphatic carbocycles. The molecule has 0 bridgehead atoms. The van der Waals surface area contributed by atoms with E-state index in [2.05, 4.69) is 14.7 Å². The zero-order chi connectivity index (χ0) is 15.6. The van der Waals surface area contributed by atoms with E-state index in [-0.39, 0.29) is 28.8 Å². The van der Waals surface area contributed by atoms with Crippen molar-refractivity contribution in [2.75, 3.05) is 0 Å². The van der Waals surface area contributed by atoms with Gasteiger partial charge in [0.2, 0.25) is 5.76 Å². The van der Waals surface area contributed by atoms with Crippen molar-refractivity contribution in [3.63, 3.8) is 0 Å². The van der Waals surface area contributed by atoms with Gasteiger partial charge in [-0.1, -0.05) is 13.8 Å². The highest BCUT2D eigenvalue weighted by Crippen LogP contribution is 2.15. The summed E-state index contributed by atoms with van der Waals surface area (Å²) in [5, 5.41) is 8.81. The number of imidazole rings is 1. The zero-order valence-corrected chi connectivity index (χ0v) is 12.3. The van der Waals surface area contributed by atoms with E-state index in [0.717, 1.165) is 0 Å². The molecule has 2 heterocycles. The number of rotatable bonds is 6. The number of nitrogens with one attached hydrogen (secondary N) is 2.